The van der Waals surface area contributed by atoms with Gasteiger partial charge in [0.2, 0.25) is 0 Å². The van der Waals surface area contributed by atoms with Gasteiger partial charge in [-0.25, -0.2) is 4.98 Å². The van der Waals surface area contributed by atoms with Gasteiger partial charge in [0.25, 0.3) is 0 Å². The lowest BCUT2D eigenvalue weighted by molar-refractivity contribution is 0.371. The fraction of sp³-hybridized carbons (Fsp3) is 0.250. The van der Waals surface area contributed by atoms with Crippen LogP contribution in [-0.4, -0.2) is 24.3 Å². The van der Waals surface area contributed by atoms with Crippen molar-refractivity contribution in [2.24, 2.45) is 0 Å². The molecule has 2 N–H and O–H groups in total. The lowest BCUT2D eigenvalue weighted by Gasteiger charge is -2.15. The third-order valence-corrected chi connectivity index (χ3v) is 5.69. The molecule has 1 aliphatic carbocycles. The molecule has 6 heteroatoms. The van der Waals surface area contributed by atoms with Gasteiger partial charge in [-0.1, -0.05) is 12.1 Å². The zero-order chi connectivity index (χ0) is 18.1. The van der Waals surface area contributed by atoms with E-state index in [1.165, 1.54) is 16.0 Å². The van der Waals surface area contributed by atoms with Crippen LogP contribution in [0.5, 0.6) is 17.2 Å². The van der Waals surface area contributed by atoms with Crippen molar-refractivity contribution in [2.45, 2.75) is 19.4 Å². The molecule has 2 aromatic carbocycles. The molecule has 1 aliphatic rings. The van der Waals surface area contributed by atoms with Crippen molar-refractivity contribution in [2.75, 3.05) is 19.5 Å². The largest absolute Gasteiger partial charge is 0.504 e. The topological polar surface area (TPSA) is 63.6 Å². The number of ether oxygens (including phenoxy) is 2. The van der Waals surface area contributed by atoms with E-state index < -0.39 is 0 Å². The van der Waals surface area contributed by atoms with Crippen molar-refractivity contribution in [3.05, 3.63) is 52.4 Å². The van der Waals surface area contributed by atoms with Gasteiger partial charge in [0.15, 0.2) is 16.6 Å². The van der Waals surface area contributed by atoms with E-state index >= 15 is 0 Å². The van der Waals surface area contributed by atoms with E-state index in [4.69, 9.17) is 14.5 Å². The molecule has 0 bridgehead atoms. The summed E-state index contributed by atoms with van der Waals surface area (Å²) in [6.45, 7) is 0.491. The van der Waals surface area contributed by atoms with Crippen molar-refractivity contribution in [1.29, 1.82) is 0 Å². The first-order chi connectivity index (χ1) is 12.7. The third kappa shape index (κ3) is 2.97. The standard InChI is InChI=1S/C20H20N2O3S/c1-24-14-7-8-15-12(10-14)6-9-17-18(15)22-20(26-17)21-11-13-4-3-5-16(25-2)19(13)23/h3-5,7-8,10,23H,6,9,11H2,1-2H3,(H,21,22). The molecule has 0 radical (unpaired) electrons. The van der Waals surface area contributed by atoms with Crippen LogP contribution in [0.25, 0.3) is 11.3 Å². The highest BCUT2D eigenvalue weighted by molar-refractivity contribution is 7.16. The average molecular weight is 368 g/mol. The second-order valence-corrected chi connectivity index (χ2v) is 7.22. The number of phenolic OH excluding ortho intramolecular Hbond substituents is 1. The smallest absolute Gasteiger partial charge is 0.183 e. The predicted molar refractivity (Wildman–Crippen MR) is 103 cm³/mol. The molecule has 0 spiro atoms. The molecule has 0 saturated carbocycles. The Bertz CT molecular complexity index is 952. The number of aromatic hydroxyl groups is 1. The Hall–Kier alpha value is -2.73. The van der Waals surface area contributed by atoms with Crippen molar-refractivity contribution < 1.29 is 14.6 Å². The van der Waals surface area contributed by atoms with Crippen molar-refractivity contribution in [3.63, 3.8) is 0 Å². The predicted octanol–water partition coefficient (Wildman–Crippen LogP) is 4.24. The fourth-order valence-corrected chi connectivity index (χ4v) is 4.21. The number of nitrogens with zero attached hydrogens (tertiary/aromatic N) is 1. The highest BCUT2D eigenvalue weighted by atomic mass is 32.1. The van der Waals surface area contributed by atoms with Crippen LogP contribution in [0.2, 0.25) is 0 Å². The number of thiazole rings is 1. The first-order valence-corrected chi connectivity index (χ1v) is 9.27. The molecule has 1 heterocycles. The van der Waals surface area contributed by atoms with Crippen molar-refractivity contribution >= 4 is 16.5 Å². The molecular weight excluding hydrogens is 348 g/mol. The van der Waals surface area contributed by atoms with E-state index in [9.17, 15) is 5.11 Å². The van der Waals surface area contributed by atoms with E-state index in [1.807, 2.05) is 18.2 Å². The number of phenols is 1. The molecular formula is C20H20N2O3S. The Morgan fingerprint density at radius 3 is 2.85 bits per heavy atom. The molecule has 0 fully saturated rings. The van der Waals surface area contributed by atoms with Gasteiger partial charge in [-0.3, -0.25) is 0 Å². The van der Waals surface area contributed by atoms with Crippen LogP contribution in [-0.2, 0) is 19.4 Å². The molecule has 0 unspecified atom stereocenters. The first-order valence-electron chi connectivity index (χ1n) is 8.45. The van der Waals surface area contributed by atoms with E-state index in [0.717, 1.165) is 35.0 Å². The summed E-state index contributed by atoms with van der Waals surface area (Å²) < 4.78 is 10.5. The molecule has 0 aliphatic heterocycles. The molecule has 26 heavy (non-hydrogen) atoms. The molecule has 0 saturated heterocycles. The average Bonchev–Trinajstić information content (AvgIpc) is 3.10. The molecule has 0 amide bonds. The summed E-state index contributed by atoms with van der Waals surface area (Å²) in [7, 11) is 3.24. The second-order valence-electron chi connectivity index (χ2n) is 6.14. The molecule has 134 valence electrons. The second kappa shape index (κ2) is 6.88. The van der Waals surface area contributed by atoms with E-state index in [1.54, 1.807) is 31.6 Å². The molecule has 0 atom stereocenters. The fourth-order valence-electron chi connectivity index (χ4n) is 3.24. The summed E-state index contributed by atoms with van der Waals surface area (Å²) in [5.74, 6) is 1.53. The Balaban J connectivity index is 1.57. The first kappa shape index (κ1) is 16.7. The number of rotatable bonds is 5. The van der Waals surface area contributed by atoms with Gasteiger partial charge in [0, 0.05) is 22.5 Å². The Labute approximate surface area is 156 Å². The number of benzene rings is 2. The summed E-state index contributed by atoms with van der Waals surface area (Å²) in [4.78, 5) is 6.08. The van der Waals surface area contributed by atoms with Gasteiger partial charge in [-0.05, 0) is 42.7 Å². The lowest BCUT2D eigenvalue weighted by Crippen LogP contribution is -2.02. The number of anilines is 1. The number of hydrogen-bond donors (Lipinski definition) is 2. The van der Waals surface area contributed by atoms with Gasteiger partial charge in [-0.2, -0.15) is 0 Å². The number of para-hydroxylation sites is 1. The molecule has 1 aromatic heterocycles. The minimum atomic E-state index is 0.168. The number of methoxy groups -OCH3 is 2. The number of aromatic nitrogens is 1. The van der Waals surface area contributed by atoms with Gasteiger partial charge < -0.3 is 19.9 Å². The quantitative estimate of drug-likeness (QED) is 0.705. The Morgan fingerprint density at radius 1 is 1.15 bits per heavy atom. The summed E-state index contributed by atoms with van der Waals surface area (Å²) in [6.07, 6.45) is 1.98. The summed E-state index contributed by atoms with van der Waals surface area (Å²) in [6, 6.07) is 11.6. The maximum Gasteiger partial charge on any atom is 0.183 e. The Kier molecular flexibility index (Phi) is 4.42. The third-order valence-electron chi connectivity index (χ3n) is 4.62. The monoisotopic (exact) mass is 368 g/mol. The molecule has 3 aromatic rings. The minimum Gasteiger partial charge on any atom is -0.504 e. The van der Waals surface area contributed by atoms with Crippen LogP contribution in [0.15, 0.2) is 36.4 Å². The number of fused-ring (bicyclic) bond motifs is 3. The number of nitrogens with one attached hydrogen (secondary N) is 1. The zero-order valence-electron chi connectivity index (χ0n) is 14.7. The maximum absolute atomic E-state index is 10.2. The van der Waals surface area contributed by atoms with Crippen LogP contribution in [0.3, 0.4) is 0 Å². The van der Waals surface area contributed by atoms with E-state index in [2.05, 4.69) is 17.4 Å². The summed E-state index contributed by atoms with van der Waals surface area (Å²) in [5.41, 5.74) is 4.29. The number of hydrogen-bond acceptors (Lipinski definition) is 6. The molecule has 4 rings (SSSR count). The summed E-state index contributed by atoms with van der Waals surface area (Å²) in [5, 5.41) is 14.4. The van der Waals surface area contributed by atoms with E-state index in [-0.39, 0.29) is 5.75 Å². The normalized spacial score (nSPS) is 12.2. The van der Waals surface area contributed by atoms with E-state index in [0.29, 0.717) is 12.3 Å². The van der Waals surface area contributed by atoms with Crippen molar-refractivity contribution in [1.82, 2.24) is 4.98 Å². The van der Waals surface area contributed by atoms with Gasteiger partial charge >= 0.3 is 0 Å². The van der Waals surface area contributed by atoms with Crippen LogP contribution < -0.4 is 14.8 Å². The molecule has 5 nitrogen and oxygen atoms in total. The van der Waals surface area contributed by atoms with Crippen molar-refractivity contribution in [3.8, 4) is 28.5 Å². The SMILES string of the molecule is COc1ccc2c(c1)CCc1sc(NCc3cccc(OC)c3O)nc1-2. The van der Waals surface area contributed by atoms with Gasteiger partial charge in [-0.15, -0.1) is 11.3 Å². The number of aryl methyl sites for hydroxylation is 2. The van der Waals surface area contributed by atoms with Crippen LogP contribution >= 0.6 is 11.3 Å². The Morgan fingerprint density at radius 2 is 2.04 bits per heavy atom. The van der Waals surface area contributed by atoms with Crippen LogP contribution in [0.4, 0.5) is 5.13 Å². The lowest BCUT2D eigenvalue weighted by atomic mass is 9.93. The summed E-state index contributed by atoms with van der Waals surface area (Å²) >= 11 is 1.68. The highest BCUT2D eigenvalue weighted by Gasteiger charge is 2.21. The van der Waals surface area contributed by atoms with Crippen LogP contribution in [0, 0.1) is 0 Å². The van der Waals surface area contributed by atoms with Gasteiger partial charge in [0.05, 0.1) is 19.9 Å². The highest BCUT2D eigenvalue weighted by Crippen LogP contribution is 2.39. The maximum atomic E-state index is 10.2. The zero-order valence-corrected chi connectivity index (χ0v) is 15.5. The minimum absolute atomic E-state index is 0.168. The van der Waals surface area contributed by atoms with Gasteiger partial charge in [0.1, 0.15) is 5.75 Å². The van der Waals surface area contributed by atoms with Crippen LogP contribution in [0.1, 0.15) is 16.0 Å².